The quantitative estimate of drug-likeness (QED) is 0.309. The number of thioether (sulfide) groups is 1. The van der Waals surface area contributed by atoms with Crippen molar-refractivity contribution < 1.29 is 19.4 Å². The molecule has 0 aromatic heterocycles. The molecular formula is C19H23Cl2FO3S. The number of aliphatic carboxylic acids is 1. The Morgan fingerprint density at radius 2 is 1.92 bits per heavy atom. The maximum atomic E-state index is 14.3. The minimum Gasteiger partial charge on any atom is -0.481 e. The predicted molar refractivity (Wildman–Crippen MR) is 105 cm³/mol. The van der Waals surface area contributed by atoms with Crippen molar-refractivity contribution in [1.82, 2.24) is 0 Å². The molecular weight excluding hydrogens is 398 g/mol. The van der Waals surface area contributed by atoms with E-state index in [0.29, 0.717) is 35.1 Å². The van der Waals surface area contributed by atoms with Gasteiger partial charge in [0, 0.05) is 39.5 Å². The third kappa shape index (κ3) is 6.76. The average Bonchev–Trinajstić information content (AvgIpc) is 2.81. The largest absolute Gasteiger partial charge is 0.481 e. The molecule has 7 heteroatoms. The van der Waals surface area contributed by atoms with Crippen LogP contribution in [0.1, 0.15) is 32.1 Å². The van der Waals surface area contributed by atoms with Gasteiger partial charge in [0.25, 0.3) is 0 Å². The van der Waals surface area contributed by atoms with E-state index in [2.05, 4.69) is 0 Å². The smallest absolute Gasteiger partial charge is 0.303 e. The zero-order chi connectivity index (χ0) is 19.1. The predicted octanol–water partition coefficient (Wildman–Crippen LogP) is 5.62. The number of carbonyl (C=O) groups is 1. The van der Waals surface area contributed by atoms with E-state index in [0.717, 1.165) is 4.90 Å². The van der Waals surface area contributed by atoms with Crippen LogP contribution in [0.4, 0.5) is 4.39 Å². The number of alkyl halides is 1. The summed E-state index contributed by atoms with van der Waals surface area (Å²) in [5.41, 5.74) is 0. The molecule has 2 rings (SSSR count). The molecule has 26 heavy (non-hydrogen) atoms. The van der Waals surface area contributed by atoms with Crippen LogP contribution in [0.3, 0.4) is 0 Å². The molecule has 1 aliphatic rings. The molecule has 0 bridgehead atoms. The van der Waals surface area contributed by atoms with E-state index >= 15 is 0 Å². The third-order valence-electron chi connectivity index (χ3n) is 4.59. The average molecular weight is 421 g/mol. The van der Waals surface area contributed by atoms with Gasteiger partial charge >= 0.3 is 5.97 Å². The molecule has 1 aliphatic carbocycles. The first kappa shape index (κ1) is 21.5. The zero-order valence-corrected chi connectivity index (χ0v) is 16.6. The number of allylic oxidation sites excluding steroid dienone is 2. The zero-order valence-electron chi connectivity index (χ0n) is 14.3. The van der Waals surface area contributed by atoms with Gasteiger partial charge in [-0.05, 0) is 43.4 Å². The van der Waals surface area contributed by atoms with Gasteiger partial charge in [-0.2, -0.15) is 0 Å². The van der Waals surface area contributed by atoms with Crippen molar-refractivity contribution in [2.75, 3.05) is 5.75 Å². The topological polar surface area (TPSA) is 57.5 Å². The summed E-state index contributed by atoms with van der Waals surface area (Å²) in [5.74, 6) is -0.589. The summed E-state index contributed by atoms with van der Waals surface area (Å²) >= 11 is 13.5. The van der Waals surface area contributed by atoms with E-state index < -0.39 is 18.2 Å². The van der Waals surface area contributed by atoms with Crippen molar-refractivity contribution in [3.8, 4) is 0 Å². The molecule has 2 N–H and O–H groups in total. The standard InChI is InChI=1S/C19H23Cl2FO3S/c20-12-7-13(21)9-14(8-12)26-11-16-15(17(22)10-18(16)23)5-3-1-2-4-6-19(24)25/h1,3,7-9,15-18,23H,2,4-6,10-11H2,(H,24,25)/t15-,16-,17?,18?/m1/s1. The summed E-state index contributed by atoms with van der Waals surface area (Å²) in [5, 5.41) is 19.9. The summed E-state index contributed by atoms with van der Waals surface area (Å²) in [4.78, 5) is 11.4. The molecule has 4 atom stereocenters. The van der Waals surface area contributed by atoms with Crippen molar-refractivity contribution in [3.05, 3.63) is 40.4 Å². The van der Waals surface area contributed by atoms with Gasteiger partial charge in [-0.1, -0.05) is 35.4 Å². The van der Waals surface area contributed by atoms with Crippen LogP contribution in [-0.4, -0.2) is 34.2 Å². The first-order valence-electron chi connectivity index (χ1n) is 8.64. The molecule has 1 aromatic rings. The monoisotopic (exact) mass is 420 g/mol. The Morgan fingerprint density at radius 1 is 1.23 bits per heavy atom. The van der Waals surface area contributed by atoms with Crippen molar-refractivity contribution in [2.45, 2.75) is 49.3 Å². The Morgan fingerprint density at radius 3 is 2.58 bits per heavy atom. The number of carboxylic acid groups (broad SMARTS) is 1. The number of hydrogen-bond donors (Lipinski definition) is 2. The van der Waals surface area contributed by atoms with Crippen molar-refractivity contribution in [1.29, 1.82) is 0 Å². The van der Waals surface area contributed by atoms with E-state index in [9.17, 15) is 14.3 Å². The lowest BCUT2D eigenvalue weighted by atomic mass is 9.92. The molecule has 144 valence electrons. The molecule has 0 spiro atoms. The first-order valence-corrected chi connectivity index (χ1v) is 10.4. The molecule has 1 aromatic carbocycles. The third-order valence-corrected chi connectivity index (χ3v) is 6.15. The number of aliphatic hydroxyl groups excluding tert-OH is 1. The molecule has 2 unspecified atom stereocenters. The second-order valence-electron chi connectivity index (χ2n) is 6.56. The van der Waals surface area contributed by atoms with Gasteiger partial charge in [0.15, 0.2) is 0 Å². The van der Waals surface area contributed by atoms with Crippen LogP contribution in [0.5, 0.6) is 0 Å². The number of rotatable bonds is 9. The van der Waals surface area contributed by atoms with Gasteiger partial charge in [0.1, 0.15) is 6.17 Å². The minimum atomic E-state index is -1.03. The van der Waals surface area contributed by atoms with Crippen LogP contribution in [-0.2, 0) is 4.79 Å². The minimum absolute atomic E-state index is 0.139. The van der Waals surface area contributed by atoms with Gasteiger partial charge in [0.2, 0.25) is 0 Å². The molecule has 3 nitrogen and oxygen atoms in total. The van der Waals surface area contributed by atoms with Crippen LogP contribution in [0.2, 0.25) is 10.0 Å². The number of benzene rings is 1. The van der Waals surface area contributed by atoms with Gasteiger partial charge in [-0.15, -0.1) is 11.8 Å². The van der Waals surface area contributed by atoms with Gasteiger partial charge in [0.05, 0.1) is 6.10 Å². The van der Waals surface area contributed by atoms with Crippen molar-refractivity contribution in [3.63, 3.8) is 0 Å². The van der Waals surface area contributed by atoms with Gasteiger partial charge < -0.3 is 10.2 Å². The normalized spacial score (nSPS) is 25.8. The highest BCUT2D eigenvalue weighted by molar-refractivity contribution is 7.99. The summed E-state index contributed by atoms with van der Waals surface area (Å²) in [6, 6.07) is 5.28. The Bertz CT molecular complexity index is 621. The van der Waals surface area contributed by atoms with E-state index in [1.807, 2.05) is 24.3 Å². The fraction of sp³-hybridized carbons (Fsp3) is 0.526. The second kappa shape index (κ2) is 10.5. The van der Waals surface area contributed by atoms with E-state index in [1.165, 1.54) is 11.8 Å². The van der Waals surface area contributed by atoms with Crippen LogP contribution in [0, 0.1) is 11.8 Å². The Hall–Kier alpha value is -0.750. The molecule has 1 fully saturated rings. The number of aliphatic hydroxyl groups is 1. The number of halogens is 3. The van der Waals surface area contributed by atoms with Crippen LogP contribution < -0.4 is 0 Å². The number of carboxylic acids is 1. The Balaban J connectivity index is 1.88. The maximum absolute atomic E-state index is 14.3. The van der Waals surface area contributed by atoms with Crippen LogP contribution in [0.15, 0.2) is 35.2 Å². The lowest BCUT2D eigenvalue weighted by Gasteiger charge is -2.21. The summed E-state index contributed by atoms with van der Waals surface area (Å²) in [6.45, 7) is 0. The highest BCUT2D eigenvalue weighted by atomic mass is 35.5. The SMILES string of the molecule is O=C(O)CCCC=CC[C@H]1C(F)CC(O)[C@@H]1CSc1cc(Cl)cc(Cl)c1. The summed E-state index contributed by atoms with van der Waals surface area (Å²) < 4.78 is 14.3. The van der Waals surface area contributed by atoms with Crippen LogP contribution >= 0.6 is 35.0 Å². The molecule has 0 amide bonds. The van der Waals surface area contributed by atoms with Crippen LogP contribution in [0.25, 0.3) is 0 Å². The summed E-state index contributed by atoms with van der Waals surface area (Å²) in [7, 11) is 0. The fourth-order valence-corrected chi connectivity index (χ4v) is 5.17. The van der Waals surface area contributed by atoms with Crippen molar-refractivity contribution in [2.24, 2.45) is 11.8 Å². The second-order valence-corrected chi connectivity index (χ2v) is 8.52. The van der Waals surface area contributed by atoms with E-state index in [-0.39, 0.29) is 24.7 Å². The molecule has 0 radical (unpaired) electrons. The molecule has 0 aliphatic heterocycles. The fourth-order valence-electron chi connectivity index (χ4n) is 3.24. The molecule has 0 saturated heterocycles. The lowest BCUT2D eigenvalue weighted by Crippen LogP contribution is -2.23. The Kier molecular flexibility index (Phi) is 8.74. The van der Waals surface area contributed by atoms with E-state index in [1.54, 1.807) is 6.07 Å². The molecule has 1 saturated carbocycles. The highest BCUT2D eigenvalue weighted by Crippen LogP contribution is 2.40. The van der Waals surface area contributed by atoms with E-state index in [4.69, 9.17) is 28.3 Å². The first-order chi connectivity index (χ1) is 12.4. The Labute approximate surface area is 167 Å². The highest BCUT2D eigenvalue weighted by Gasteiger charge is 2.41. The lowest BCUT2D eigenvalue weighted by molar-refractivity contribution is -0.137. The number of unbranched alkanes of at least 4 members (excludes halogenated alkanes) is 1. The van der Waals surface area contributed by atoms with Crippen molar-refractivity contribution >= 4 is 40.9 Å². The molecule has 0 heterocycles. The number of hydrogen-bond acceptors (Lipinski definition) is 3. The van der Waals surface area contributed by atoms with Gasteiger partial charge in [-0.25, -0.2) is 4.39 Å². The summed E-state index contributed by atoms with van der Waals surface area (Å²) in [6.07, 6.45) is 4.23. The maximum Gasteiger partial charge on any atom is 0.303 e. The van der Waals surface area contributed by atoms with Gasteiger partial charge in [-0.3, -0.25) is 4.79 Å².